The zero-order valence-corrected chi connectivity index (χ0v) is 15.5. The zero-order chi connectivity index (χ0) is 18.5. The molecule has 1 nitrogen and oxygen atoms in total. The highest BCUT2D eigenvalue weighted by Crippen LogP contribution is 2.38. The molecule has 0 fully saturated rings. The Labute approximate surface area is 163 Å². The first kappa shape index (κ1) is 15.5. The predicted molar refractivity (Wildman–Crippen MR) is 120 cm³/mol. The highest BCUT2D eigenvalue weighted by molar-refractivity contribution is 6.09. The van der Waals surface area contributed by atoms with Crippen LogP contribution in [0.4, 0.5) is 0 Å². The number of hydrogen-bond donors (Lipinski definition) is 0. The van der Waals surface area contributed by atoms with Gasteiger partial charge in [0.15, 0.2) is 0 Å². The summed E-state index contributed by atoms with van der Waals surface area (Å²) in [7, 11) is 0. The molecule has 0 N–H and O–H groups in total. The average Bonchev–Trinajstić information content (AvgIpc) is 2.89. The summed E-state index contributed by atoms with van der Waals surface area (Å²) in [5, 5.41) is 6.47. The van der Waals surface area contributed by atoms with Gasteiger partial charge >= 0.3 is 0 Å². The monoisotopic (exact) mass is 357 g/mol. The van der Waals surface area contributed by atoms with Gasteiger partial charge in [-0.15, -0.1) is 0 Å². The average molecular weight is 357 g/mol. The van der Waals surface area contributed by atoms with Crippen molar-refractivity contribution in [1.29, 1.82) is 0 Å². The first-order valence-corrected chi connectivity index (χ1v) is 9.78. The van der Waals surface area contributed by atoms with Crippen LogP contribution < -0.4 is 0 Å². The van der Waals surface area contributed by atoms with E-state index in [0.717, 1.165) is 6.42 Å². The minimum Gasteiger partial charge on any atom is -0.308 e. The van der Waals surface area contributed by atoms with E-state index in [9.17, 15) is 0 Å². The number of nitrogens with zero attached hydrogens (tertiary/aromatic N) is 1. The van der Waals surface area contributed by atoms with E-state index < -0.39 is 0 Å². The van der Waals surface area contributed by atoms with Crippen molar-refractivity contribution >= 4 is 38.5 Å². The van der Waals surface area contributed by atoms with Crippen LogP contribution in [0.3, 0.4) is 0 Å². The normalized spacial score (nSPS) is 13.3. The second-order valence-electron chi connectivity index (χ2n) is 7.38. The van der Waals surface area contributed by atoms with E-state index in [4.69, 9.17) is 0 Å². The van der Waals surface area contributed by atoms with Gasteiger partial charge in [0, 0.05) is 16.2 Å². The van der Waals surface area contributed by atoms with Crippen molar-refractivity contribution in [3.8, 4) is 5.69 Å². The van der Waals surface area contributed by atoms with Crippen LogP contribution in [0.5, 0.6) is 0 Å². The van der Waals surface area contributed by atoms with E-state index in [1.54, 1.807) is 0 Å². The minimum absolute atomic E-state index is 0.957. The lowest BCUT2D eigenvalue weighted by Gasteiger charge is -2.16. The molecular formula is C27H19N. The van der Waals surface area contributed by atoms with Gasteiger partial charge in [0.25, 0.3) is 0 Å². The highest BCUT2D eigenvalue weighted by Gasteiger charge is 2.19. The number of aromatic nitrogens is 1. The lowest BCUT2D eigenvalue weighted by molar-refractivity contribution is 1.11. The van der Waals surface area contributed by atoms with Crippen LogP contribution in [0.1, 0.15) is 11.3 Å². The number of rotatable bonds is 1. The summed E-state index contributed by atoms with van der Waals surface area (Å²) < 4.78 is 2.47. The quantitative estimate of drug-likeness (QED) is 0.283. The Morgan fingerprint density at radius 3 is 2.04 bits per heavy atom. The van der Waals surface area contributed by atoms with Gasteiger partial charge in [-0.1, -0.05) is 85.0 Å². The summed E-state index contributed by atoms with van der Waals surface area (Å²) in [4.78, 5) is 0. The molecule has 0 aliphatic heterocycles. The Morgan fingerprint density at radius 2 is 1.29 bits per heavy atom. The number of fused-ring (bicyclic) bond motifs is 5. The molecular weight excluding hydrogens is 338 g/mol. The maximum absolute atomic E-state index is 2.47. The van der Waals surface area contributed by atoms with Crippen LogP contribution >= 0.6 is 0 Å². The standard InChI is InChI=1S/C27H19N/c1-2-14-23-24-15-8-9-17-26(24)28(25(23)16-3-1)27-21-12-6-4-10-19(21)18-20-11-5-7-13-22(20)27/h1-13,15-18H,14H2. The Morgan fingerprint density at radius 1 is 0.643 bits per heavy atom. The summed E-state index contributed by atoms with van der Waals surface area (Å²) in [5.41, 5.74) is 5.23. The van der Waals surface area contributed by atoms with Crippen molar-refractivity contribution in [2.75, 3.05) is 0 Å². The first-order chi connectivity index (χ1) is 13.9. The van der Waals surface area contributed by atoms with E-state index >= 15 is 0 Å². The SMILES string of the molecule is C1=CCc2c(n(-c3c4ccccc4cc4ccccc34)c3ccccc23)C=C1. The number of hydrogen-bond acceptors (Lipinski definition) is 0. The molecule has 0 spiro atoms. The predicted octanol–water partition coefficient (Wildman–Crippen LogP) is 7.06. The molecule has 0 radical (unpaired) electrons. The molecule has 4 aromatic carbocycles. The van der Waals surface area contributed by atoms with Crippen molar-refractivity contribution in [1.82, 2.24) is 4.57 Å². The Hall–Kier alpha value is -3.58. The smallest absolute Gasteiger partial charge is 0.0618 e. The molecule has 1 aliphatic carbocycles. The fraction of sp³-hybridized carbons (Fsp3) is 0.0370. The third kappa shape index (κ3) is 2.13. The van der Waals surface area contributed by atoms with Crippen molar-refractivity contribution in [2.24, 2.45) is 0 Å². The van der Waals surface area contributed by atoms with Gasteiger partial charge in [0.05, 0.1) is 16.9 Å². The Bertz CT molecular complexity index is 1380. The molecule has 0 atom stereocenters. The third-order valence-electron chi connectivity index (χ3n) is 5.81. The second-order valence-corrected chi connectivity index (χ2v) is 7.38. The molecule has 28 heavy (non-hydrogen) atoms. The van der Waals surface area contributed by atoms with E-state index in [-0.39, 0.29) is 0 Å². The van der Waals surface area contributed by atoms with Gasteiger partial charge in [-0.2, -0.15) is 0 Å². The molecule has 0 bridgehead atoms. The van der Waals surface area contributed by atoms with Gasteiger partial charge in [0.2, 0.25) is 0 Å². The number of benzene rings is 4. The van der Waals surface area contributed by atoms with E-state index in [1.807, 2.05) is 0 Å². The van der Waals surface area contributed by atoms with Gasteiger partial charge < -0.3 is 4.57 Å². The summed E-state index contributed by atoms with van der Waals surface area (Å²) in [6.07, 6.45) is 9.78. The maximum Gasteiger partial charge on any atom is 0.0618 e. The minimum atomic E-state index is 0.957. The van der Waals surface area contributed by atoms with Gasteiger partial charge in [-0.05, 0) is 41.0 Å². The van der Waals surface area contributed by atoms with Crippen molar-refractivity contribution in [3.05, 3.63) is 108 Å². The van der Waals surface area contributed by atoms with Crippen molar-refractivity contribution in [2.45, 2.75) is 6.42 Å². The molecule has 0 saturated heterocycles. The van der Waals surface area contributed by atoms with Crippen LogP contribution in [-0.4, -0.2) is 4.57 Å². The largest absolute Gasteiger partial charge is 0.308 e. The van der Waals surface area contributed by atoms with Crippen LogP contribution in [0.25, 0.3) is 44.2 Å². The molecule has 0 saturated carbocycles. The third-order valence-corrected chi connectivity index (χ3v) is 5.81. The molecule has 1 heterocycles. The van der Waals surface area contributed by atoms with Gasteiger partial charge in [0.1, 0.15) is 0 Å². The molecule has 5 aromatic rings. The maximum atomic E-state index is 2.47. The van der Waals surface area contributed by atoms with Gasteiger partial charge in [-0.25, -0.2) is 0 Å². The van der Waals surface area contributed by atoms with Gasteiger partial charge in [-0.3, -0.25) is 0 Å². The molecule has 6 rings (SSSR count). The summed E-state index contributed by atoms with van der Waals surface area (Å²) >= 11 is 0. The molecule has 1 aromatic heterocycles. The first-order valence-electron chi connectivity index (χ1n) is 9.78. The summed E-state index contributed by atoms with van der Waals surface area (Å²) in [5.74, 6) is 0. The lowest BCUT2D eigenvalue weighted by Crippen LogP contribution is -2.00. The Kier molecular flexibility index (Phi) is 3.30. The van der Waals surface area contributed by atoms with Crippen LogP contribution in [0.15, 0.2) is 97.1 Å². The lowest BCUT2D eigenvalue weighted by atomic mass is 10.0. The molecule has 1 heteroatoms. The summed E-state index contributed by atoms with van der Waals surface area (Å²) in [6, 6.07) is 28.5. The number of allylic oxidation sites excluding steroid dienone is 3. The molecule has 132 valence electrons. The van der Waals surface area contributed by atoms with E-state index in [0.29, 0.717) is 0 Å². The van der Waals surface area contributed by atoms with E-state index in [2.05, 4.69) is 108 Å². The molecule has 0 amide bonds. The van der Waals surface area contributed by atoms with Crippen molar-refractivity contribution in [3.63, 3.8) is 0 Å². The zero-order valence-electron chi connectivity index (χ0n) is 15.5. The second kappa shape index (κ2) is 5.97. The molecule has 0 unspecified atom stereocenters. The number of para-hydroxylation sites is 1. The van der Waals surface area contributed by atoms with Crippen LogP contribution in [-0.2, 0) is 6.42 Å². The Balaban J connectivity index is 1.88. The van der Waals surface area contributed by atoms with Crippen LogP contribution in [0.2, 0.25) is 0 Å². The molecule has 1 aliphatic rings. The topological polar surface area (TPSA) is 4.93 Å². The summed E-state index contributed by atoms with van der Waals surface area (Å²) in [6.45, 7) is 0. The van der Waals surface area contributed by atoms with Crippen LogP contribution in [0, 0.1) is 0 Å². The van der Waals surface area contributed by atoms with Crippen molar-refractivity contribution < 1.29 is 0 Å². The fourth-order valence-electron chi connectivity index (χ4n) is 4.60. The highest BCUT2D eigenvalue weighted by atomic mass is 15.0. The fourth-order valence-corrected chi connectivity index (χ4v) is 4.60. The van der Waals surface area contributed by atoms with E-state index in [1.165, 1.54) is 49.4 Å².